The summed E-state index contributed by atoms with van der Waals surface area (Å²) >= 11 is 0. The topological polar surface area (TPSA) is 63.3 Å². The third-order valence-electron chi connectivity index (χ3n) is 2.59. The molecule has 0 aliphatic heterocycles. The van der Waals surface area contributed by atoms with Crippen molar-refractivity contribution in [2.75, 3.05) is 0 Å². The third kappa shape index (κ3) is 2.84. The van der Waals surface area contributed by atoms with E-state index in [1.54, 1.807) is 13.0 Å². The predicted octanol–water partition coefficient (Wildman–Crippen LogP) is 1.11. The van der Waals surface area contributed by atoms with Gasteiger partial charge in [-0.3, -0.25) is 4.79 Å². The van der Waals surface area contributed by atoms with Crippen LogP contribution in [0.1, 0.15) is 39.0 Å². The van der Waals surface area contributed by atoms with Gasteiger partial charge in [-0.05, 0) is 25.8 Å². The van der Waals surface area contributed by atoms with Crippen molar-refractivity contribution >= 4 is 5.91 Å². The summed E-state index contributed by atoms with van der Waals surface area (Å²) in [4.78, 5) is 10.8. The van der Waals surface area contributed by atoms with Crippen LogP contribution in [0, 0.1) is 0 Å². The molecule has 0 saturated heterocycles. The van der Waals surface area contributed by atoms with Crippen LogP contribution in [0.5, 0.6) is 0 Å². The Morgan fingerprint density at radius 3 is 2.38 bits per heavy atom. The fourth-order valence-electron chi connectivity index (χ4n) is 1.78. The zero-order chi connectivity index (χ0) is 9.90. The van der Waals surface area contributed by atoms with Gasteiger partial charge >= 0.3 is 0 Å². The smallest absolute Gasteiger partial charge is 0.244 e. The van der Waals surface area contributed by atoms with Crippen molar-refractivity contribution in [2.45, 2.75) is 44.6 Å². The minimum atomic E-state index is -0.780. The first-order valence-electron chi connectivity index (χ1n) is 4.75. The summed E-state index contributed by atoms with van der Waals surface area (Å²) in [6, 6.07) is 0. The molecule has 13 heavy (non-hydrogen) atoms. The molecule has 0 spiro atoms. The second-order valence-corrected chi connectivity index (χ2v) is 3.86. The van der Waals surface area contributed by atoms with Crippen LogP contribution < -0.4 is 5.73 Å². The molecule has 0 atom stereocenters. The van der Waals surface area contributed by atoms with E-state index >= 15 is 0 Å². The monoisotopic (exact) mass is 183 g/mol. The predicted molar refractivity (Wildman–Crippen MR) is 51.0 cm³/mol. The van der Waals surface area contributed by atoms with Gasteiger partial charge in [-0.1, -0.05) is 19.3 Å². The summed E-state index contributed by atoms with van der Waals surface area (Å²) in [6.45, 7) is 1.65. The molecule has 0 radical (unpaired) electrons. The maximum absolute atomic E-state index is 10.8. The van der Waals surface area contributed by atoms with Crippen LogP contribution in [0.4, 0.5) is 0 Å². The maximum atomic E-state index is 10.8. The summed E-state index contributed by atoms with van der Waals surface area (Å²) < 4.78 is 0. The lowest BCUT2D eigenvalue weighted by atomic mass is 9.83. The molecule has 74 valence electrons. The minimum absolute atomic E-state index is 0.445. The van der Waals surface area contributed by atoms with Crippen molar-refractivity contribution in [1.29, 1.82) is 0 Å². The molecule has 3 N–H and O–H groups in total. The number of nitrogens with two attached hydrogens (primary N) is 1. The Morgan fingerprint density at radius 2 is 1.92 bits per heavy atom. The van der Waals surface area contributed by atoms with E-state index in [-0.39, 0.29) is 0 Å². The number of primary amides is 1. The lowest BCUT2D eigenvalue weighted by Crippen LogP contribution is -2.30. The molecule has 0 aromatic carbocycles. The van der Waals surface area contributed by atoms with Crippen molar-refractivity contribution in [2.24, 2.45) is 5.73 Å². The van der Waals surface area contributed by atoms with E-state index in [2.05, 4.69) is 0 Å². The van der Waals surface area contributed by atoms with Crippen LogP contribution in [-0.4, -0.2) is 16.6 Å². The van der Waals surface area contributed by atoms with Crippen LogP contribution in [0.2, 0.25) is 0 Å². The standard InChI is InChI=1S/C10H17NO2/c1-8(9(11)12)7-10(13)5-3-2-4-6-10/h7,13H,2-6H2,1H3,(H2,11,12). The van der Waals surface area contributed by atoms with Crippen LogP contribution in [0.15, 0.2) is 11.6 Å². The summed E-state index contributed by atoms with van der Waals surface area (Å²) in [6.07, 6.45) is 6.34. The summed E-state index contributed by atoms with van der Waals surface area (Å²) in [5.41, 5.74) is 4.78. The zero-order valence-corrected chi connectivity index (χ0v) is 8.05. The van der Waals surface area contributed by atoms with E-state index in [1.165, 1.54) is 6.42 Å². The van der Waals surface area contributed by atoms with E-state index in [9.17, 15) is 9.90 Å². The molecule has 1 saturated carbocycles. The van der Waals surface area contributed by atoms with Crippen LogP contribution in [0.3, 0.4) is 0 Å². The molecule has 0 unspecified atom stereocenters. The van der Waals surface area contributed by atoms with Gasteiger partial charge < -0.3 is 10.8 Å². The van der Waals surface area contributed by atoms with Gasteiger partial charge in [0.1, 0.15) is 0 Å². The Balaban J connectivity index is 2.68. The summed E-state index contributed by atoms with van der Waals surface area (Å²) in [7, 11) is 0. The van der Waals surface area contributed by atoms with Gasteiger partial charge in [-0.15, -0.1) is 0 Å². The number of carbonyl (C=O) groups excluding carboxylic acids is 1. The van der Waals surface area contributed by atoms with E-state index < -0.39 is 11.5 Å². The lowest BCUT2D eigenvalue weighted by molar-refractivity contribution is -0.114. The molecular formula is C10H17NO2. The van der Waals surface area contributed by atoms with Gasteiger partial charge in [-0.2, -0.15) is 0 Å². The van der Waals surface area contributed by atoms with Gasteiger partial charge in [-0.25, -0.2) is 0 Å². The SMILES string of the molecule is CC(=CC1(O)CCCCC1)C(N)=O. The molecule has 1 aliphatic carbocycles. The number of rotatable bonds is 2. The Bertz CT molecular complexity index is 227. The average Bonchev–Trinajstić information content (AvgIpc) is 2.04. The van der Waals surface area contributed by atoms with Gasteiger partial charge in [0.15, 0.2) is 0 Å². The normalized spacial score (nSPS) is 22.8. The largest absolute Gasteiger partial charge is 0.386 e. The van der Waals surface area contributed by atoms with Gasteiger partial charge in [0, 0.05) is 5.57 Å². The maximum Gasteiger partial charge on any atom is 0.244 e. The molecule has 0 bridgehead atoms. The number of hydrogen-bond donors (Lipinski definition) is 2. The van der Waals surface area contributed by atoms with Crippen LogP contribution >= 0.6 is 0 Å². The van der Waals surface area contributed by atoms with Crippen LogP contribution in [-0.2, 0) is 4.79 Å². The van der Waals surface area contributed by atoms with E-state index in [4.69, 9.17) is 5.73 Å². The summed E-state index contributed by atoms with van der Waals surface area (Å²) in [5, 5.41) is 10.0. The van der Waals surface area contributed by atoms with Crippen molar-refractivity contribution in [3.8, 4) is 0 Å². The number of amides is 1. The first-order chi connectivity index (χ1) is 6.03. The Kier molecular flexibility index (Phi) is 3.09. The Labute approximate surface area is 78.6 Å². The number of aliphatic hydroxyl groups is 1. The first kappa shape index (κ1) is 10.3. The number of carbonyl (C=O) groups is 1. The van der Waals surface area contributed by atoms with E-state index in [0.717, 1.165) is 25.7 Å². The van der Waals surface area contributed by atoms with Crippen molar-refractivity contribution in [3.63, 3.8) is 0 Å². The molecule has 0 aromatic heterocycles. The third-order valence-corrected chi connectivity index (χ3v) is 2.59. The molecule has 1 amide bonds. The first-order valence-corrected chi connectivity index (χ1v) is 4.75. The average molecular weight is 183 g/mol. The molecule has 3 nitrogen and oxygen atoms in total. The van der Waals surface area contributed by atoms with Crippen molar-refractivity contribution in [3.05, 3.63) is 11.6 Å². The molecule has 0 heterocycles. The highest BCUT2D eigenvalue weighted by molar-refractivity contribution is 5.91. The fraction of sp³-hybridized carbons (Fsp3) is 0.700. The highest BCUT2D eigenvalue weighted by Crippen LogP contribution is 2.29. The molecule has 3 heteroatoms. The van der Waals surface area contributed by atoms with Crippen LogP contribution in [0.25, 0.3) is 0 Å². The second kappa shape index (κ2) is 3.92. The van der Waals surface area contributed by atoms with Crippen molar-refractivity contribution in [1.82, 2.24) is 0 Å². The molecule has 0 aromatic rings. The van der Waals surface area contributed by atoms with Gasteiger partial charge in [0.2, 0.25) is 5.91 Å². The highest BCUT2D eigenvalue weighted by Gasteiger charge is 2.27. The number of hydrogen-bond acceptors (Lipinski definition) is 2. The lowest BCUT2D eigenvalue weighted by Gasteiger charge is -2.29. The second-order valence-electron chi connectivity index (χ2n) is 3.86. The fourth-order valence-corrected chi connectivity index (χ4v) is 1.78. The zero-order valence-electron chi connectivity index (χ0n) is 8.05. The van der Waals surface area contributed by atoms with Gasteiger partial charge in [0.25, 0.3) is 0 Å². The van der Waals surface area contributed by atoms with Gasteiger partial charge in [0.05, 0.1) is 5.60 Å². The summed E-state index contributed by atoms with van der Waals surface area (Å²) in [5.74, 6) is -0.445. The van der Waals surface area contributed by atoms with E-state index in [1.807, 2.05) is 0 Å². The molecule has 1 fully saturated rings. The molecular weight excluding hydrogens is 166 g/mol. The molecule has 1 rings (SSSR count). The van der Waals surface area contributed by atoms with E-state index in [0.29, 0.717) is 5.57 Å². The molecule has 1 aliphatic rings. The highest BCUT2D eigenvalue weighted by atomic mass is 16.3. The Morgan fingerprint density at radius 1 is 1.38 bits per heavy atom. The Hall–Kier alpha value is -0.830. The quantitative estimate of drug-likeness (QED) is 0.630. The minimum Gasteiger partial charge on any atom is -0.386 e. The van der Waals surface area contributed by atoms with Crippen molar-refractivity contribution < 1.29 is 9.90 Å².